The van der Waals surface area contributed by atoms with Crippen LogP contribution in [0.4, 0.5) is 10.5 Å². The average Bonchev–Trinajstić information content (AvgIpc) is 2.74. The lowest BCUT2D eigenvalue weighted by molar-refractivity contribution is -0.140. The number of carbonyl (C=O) groups is 2. The van der Waals surface area contributed by atoms with Gasteiger partial charge in [0.05, 0.1) is 16.9 Å². The number of nitrogens with zero attached hydrogens (tertiary/aromatic N) is 4. The smallest absolute Gasteiger partial charge is 0.408 e. The van der Waals surface area contributed by atoms with Gasteiger partial charge in [-0.3, -0.25) is 4.98 Å². The topological polar surface area (TPSA) is 154 Å². The minimum atomic E-state index is -1.17. The predicted molar refractivity (Wildman–Crippen MR) is 132 cm³/mol. The lowest BCUT2D eigenvalue weighted by Gasteiger charge is -2.36. The normalized spacial score (nSPS) is 20.1. The van der Waals surface area contributed by atoms with Crippen molar-refractivity contribution in [3.63, 3.8) is 0 Å². The number of carboxylic acids is 1. The van der Waals surface area contributed by atoms with Gasteiger partial charge in [0.1, 0.15) is 28.7 Å². The number of hydrogen-bond acceptors (Lipinski definition) is 8. The van der Waals surface area contributed by atoms with Gasteiger partial charge in [-0.2, -0.15) is 5.26 Å². The Labute approximate surface area is 205 Å². The number of nitriles is 1. The van der Waals surface area contributed by atoms with Crippen LogP contribution in [0, 0.1) is 23.2 Å². The Bertz CT molecular complexity index is 1130. The summed E-state index contributed by atoms with van der Waals surface area (Å²) in [4.78, 5) is 35.5. The second kappa shape index (κ2) is 10.4. The summed E-state index contributed by atoms with van der Waals surface area (Å²) in [5, 5.41) is 21.7. The van der Waals surface area contributed by atoms with Crippen molar-refractivity contribution in [1.29, 1.82) is 5.26 Å². The first-order valence-electron chi connectivity index (χ1n) is 11.8. The second-order valence-corrected chi connectivity index (χ2v) is 10.5. The Hall–Kier alpha value is -3.45. The molecule has 1 fully saturated rings. The van der Waals surface area contributed by atoms with Gasteiger partial charge >= 0.3 is 12.1 Å². The third-order valence-electron chi connectivity index (χ3n) is 5.92. The lowest BCUT2D eigenvalue weighted by Crippen LogP contribution is -2.47. The number of fused-ring (bicyclic) bond motifs is 1. The van der Waals surface area contributed by atoms with Crippen LogP contribution < -0.4 is 16.0 Å². The fourth-order valence-corrected chi connectivity index (χ4v) is 4.49. The van der Waals surface area contributed by atoms with Crippen molar-refractivity contribution in [2.75, 3.05) is 18.0 Å². The van der Waals surface area contributed by atoms with Crippen molar-refractivity contribution in [2.24, 2.45) is 17.6 Å². The Balaban J connectivity index is 1.90. The van der Waals surface area contributed by atoms with E-state index >= 15 is 0 Å². The van der Waals surface area contributed by atoms with Crippen molar-refractivity contribution in [1.82, 2.24) is 15.3 Å². The molecule has 2 heterocycles. The van der Waals surface area contributed by atoms with Gasteiger partial charge in [0.25, 0.3) is 0 Å². The summed E-state index contributed by atoms with van der Waals surface area (Å²) in [6.07, 6.45) is 1.96. The number of aromatic nitrogens is 2. The number of nitrogens with one attached hydrogen (secondary N) is 1. The number of amides is 1. The Morgan fingerprint density at radius 1 is 1.34 bits per heavy atom. The fourth-order valence-electron chi connectivity index (χ4n) is 4.49. The van der Waals surface area contributed by atoms with Gasteiger partial charge in [0.15, 0.2) is 0 Å². The molecule has 4 N–H and O–H groups in total. The Morgan fingerprint density at radius 3 is 2.66 bits per heavy atom. The SMILES string of the molecule is CC(Cc1cnc2c(C#N)ccc(N3C[C@@H](C)C[C@@H](N)C3)c2n1)[C@@H](NC(=O)OC(C)(C)C)C(=O)O. The van der Waals surface area contributed by atoms with Crippen LogP contribution in [-0.2, 0) is 16.0 Å². The van der Waals surface area contributed by atoms with Crippen LogP contribution in [-0.4, -0.2) is 57.9 Å². The molecular weight excluding hydrogens is 448 g/mol. The molecule has 1 amide bonds. The van der Waals surface area contributed by atoms with E-state index in [4.69, 9.17) is 15.5 Å². The highest BCUT2D eigenvalue weighted by atomic mass is 16.6. The maximum absolute atomic E-state index is 12.2. The first kappa shape index (κ1) is 26.2. The molecule has 0 spiro atoms. The molecular formula is C25H34N6O4. The van der Waals surface area contributed by atoms with Crippen LogP contribution in [0.2, 0.25) is 0 Å². The largest absolute Gasteiger partial charge is 0.480 e. The number of anilines is 1. The Kier molecular flexibility index (Phi) is 7.80. The number of carbonyl (C=O) groups excluding carboxylic acids is 1. The molecule has 0 bridgehead atoms. The van der Waals surface area contributed by atoms with E-state index in [-0.39, 0.29) is 12.5 Å². The molecule has 1 saturated heterocycles. The zero-order valence-corrected chi connectivity index (χ0v) is 20.9. The van der Waals surface area contributed by atoms with Crippen molar-refractivity contribution < 1.29 is 19.4 Å². The molecule has 35 heavy (non-hydrogen) atoms. The van der Waals surface area contributed by atoms with E-state index in [1.807, 2.05) is 6.07 Å². The molecule has 4 atom stereocenters. The molecule has 0 radical (unpaired) electrons. The average molecular weight is 483 g/mol. The first-order chi connectivity index (χ1) is 16.4. The molecule has 10 heteroatoms. The molecule has 1 aliphatic rings. The molecule has 10 nitrogen and oxygen atoms in total. The standard InChI is InChI=1S/C25H34N6O4/c1-14-8-17(27)13-31(12-14)19-7-6-16(10-26)21-22(19)29-18(11-28-21)9-15(2)20(23(32)33)30-24(34)35-25(3,4)5/h6-7,11,14-15,17,20H,8-9,12-13,27H2,1-5H3,(H,30,34)(H,32,33)/t14-,15?,17+,20+/m0/s1. The van der Waals surface area contributed by atoms with E-state index in [1.165, 1.54) is 0 Å². The molecule has 1 unspecified atom stereocenters. The van der Waals surface area contributed by atoms with Crippen LogP contribution in [0.25, 0.3) is 11.0 Å². The number of aliphatic carboxylic acids is 1. The molecule has 0 aliphatic carbocycles. The lowest BCUT2D eigenvalue weighted by atomic mass is 9.95. The van der Waals surface area contributed by atoms with Gasteiger partial charge < -0.3 is 25.8 Å². The van der Waals surface area contributed by atoms with Gasteiger partial charge in [-0.1, -0.05) is 13.8 Å². The van der Waals surface area contributed by atoms with Crippen LogP contribution in [0.1, 0.15) is 52.3 Å². The summed E-state index contributed by atoms with van der Waals surface area (Å²) in [6.45, 7) is 10.5. The quantitative estimate of drug-likeness (QED) is 0.563. The number of piperidine rings is 1. The van der Waals surface area contributed by atoms with Gasteiger partial charge in [0, 0.05) is 25.3 Å². The number of ether oxygens (including phenoxy) is 1. The Morgan fingerprint density at radius 2 is 2.06 bits per heavy atom. The highest BCUT2D eigenvalue weighted by Gasteiger charge is 2.30. The zero-order valence-electron chi connectivity index (χ0n) is 20.9. The number of rotatable bonds is 6. The van der Waals surface area contributed by atoms with E-state index in [2.05, 4.69) is 28.2 Å². The molecule has 1 aromatic heterocycles. The zero-order chi connectivity index (χ0) is 25.9. The van der Waals surface area contributed by atoms with Gasteiger partial charge in [-0.15, -0.1) is 0 Å². The number of nitrogens with two attached hydrogens (primary N) is 1. The van der Waals surface area contributed by atoms with Crippen LogP contribution in [0.5, 0.6) is 0 Å². The summed E-state index contributed by atoms with van der Waals surface area (Å²) in [5.74, 6) is -1.26. The van der Waals surface area contributed by atoms with Gasteiger partial charge in [-0.25, -0.2) is 14.6 Å². The van der Waals surface area contributed by atoms with Crippen molar-refractivity contribution >= 4 is 28.8 Å². The number of carboxylic acid groups (broad SMARTS) is 1. The summed E-state index contributed by atoms with van der Waals surface area (Å²) in [5.41, 5.74) is 8.42. The van der Waals surface area contributed by atoms with E-state index in [0.717, 1.165) is 18.7 Å². The molecule has 2 aromatic rings. The monoisotopic (exact) mass is 482 g/mol. The highest BCUT2D eigenvalue weighted by molar-refractivity contribution is 5.92. The molecule has 0 saturated carbocycles. The molecule has 3 rings (SSSR count). The van der Waals surface area contributed by atoms with E-state index in [9.17, 15) is 20.0 Å². The summed E-state index contributed by atoms with van der Waals surface area (Å²) in [6, 6.07) is 4.64. The number of alkyl carbamates (subject to hydrolysis) is 1. The fraction of sp³-hybridized carbons (Fsp3) is 0.560. The third kappa shape index (κ3) is 6.57. The first-order valence-corrected chi connectivity index (χ1v) is 11.8. The van der Waals surface area contributed by atoms with Crippen LogP contribution in [0.3, 0.4) is 0 Å². The maximum atomic E-state index is 12.2. The van der Waals surface area contributed by atoms with Crippen LogP contribution >= 0.6 is 0 Å². The third-order valence-corrected chi connectivity index (χ3v) is 5.92. The van der Waals surface area contributed by atoms with Crippen molar-refractivity contribution in [3.8, 4) is 6.07 Å². The molecule has 1 aliphatic heterocycles. The van der Waals surface area contributed by atoms with Crippen LogP contribution in [0.15, 0.2) is 18.3 Å². The van der Waals surface area contributed by atoms with Crippen molar-refractivity contribution in [3.05, 3.63) is 29.6 Å². The van der Waals surface area contributed by atoms with E-state index in [1.54, 1.807) is 40.0 Å². The molecule has 188 valence electrons. The minimum Gasteiger partial charge on any atom is -0.480 e. The number of benzene rings is 1. The minimum absolute atomic E-state index is 0.0378. The van der Waals surface area contributed by atoms with Crippen molar-refractivity contribution in [2.45, 2.75) is 65.1 Å². The molecule has 1 aromatic carbocycles. The summed E-state index contributed by atoms with van der Waals surface area (Å²) < 4.78 is 5.21. The van der Waals surface area contributed by atoms with E-state index < -0.39 is 29.6 Å². The summed E-state index contributed by atoms with van der Waals surface area (Å²) in [7, 11) is 0. The van der Waals surface area contributed by atoms with Gasteiger partial charge in [-0.05, 0) is 57.6 Å². The second-order valence-electron chi connectivity index (χ2n) is 10.5. The predicted octanol–water partition coefficient (Wildman–Crippen LogP) is 2.83. The van der Waals surface area contributed by atoms with E-state index in [0.29, 0.717) is 34.8 Å². The summed E-state index contributed by atoms with van der Waals surface area (Å²) >= 11 is 0. The number of hydrogen-bond donors (Lipinski definition) is 3. The highest BCUT2D eigenvalue weighted by Crippen LogP contribution is 2.30. The maximum Gasteiger partial charge on any atom is 0.408 e. The van der Waals surface area contributed by atoms with Gasteiger partial charge in [0.2, 0.25) is 0 Å².